The Bertz CT molecular complexity index is 700. The maximum atomic E-state index is 12.1. The van der Waals surface area contributed by atoms with Crippen molar-refractivity contribution in [2.45, 2.75) is 20.0 Å². The third-order valence-corrected chi connectivity index (χ3v) is 3.36. The number of ether oxygens (including phenoxy) is 1. The number of rotatable bonds is 5. The van der Waals surface area contributed by atoms with E-state index in [-0.39, 0.29) is 11.7 Å². The standard InChI is InChI=1S/C17H16ClNO3/c1-11(20)13-6-5-7-14(10-13)19-17(21)12(2)22-16-9-4-3-8-15(16)18/h3-10,12H,1-2H3,(H,19,21)/t12-/m0/s1. The number of carbonyl (C=O) groups is 2. The van der Waals surface area contributed by atoms with Crippen LogP contribution in [-0.4, -0.2) is 17.8 Å². The number of hydrogen-bond acceptors (Lipinski definition) is 3. The van der Waals surface area contributed by atoms with E-state index in [1.165, 1.54) is 6.92 Å². The Labute approximate surface area is 134 Å². The molecule has 0 aromatic heterocycles. The van der Waals surface area contributed by atoms with E-state index < -0.39 is 6.10 Å². The Morgan fingerprint density at radius 2 is 1.86 bits per heavy atom. The average molecular weight is 318 g/mol. The van der Waals surface area contributed by atoms with E-state index in [4.69, 9.17) is 16.3 Å². The first-order valence-electron chi connectivity index (χ1n) is 6.80. The van der Waals surface area contributed by atoms with Crippen molar-refractivity contribution >= 4 is 29.0 Å². The van der Waals surface area contributed by atoms with Gasteiger partial charge in [0.1, 0.15) is 5.75 Å². The van der Waals surface area contributed by atoms with E-state index in [1.54, 1.807) is 55.5 Å². The summed E-state index contributed by atoms with van der Waals surface area (Å²) in [5.74, 6) is 0.0707. The van der Waals surface area contributed by atoms with Crippen LogP contribution in [0, 0.1) is 0 Å². The van der Waals surface area contributed by atoms with Crippen LogP contribution in [0.25, 0.3) is 0 Å². The fraction of sp³-hybridized carbons (Fsp3) is 0.176. The minimum atomic E-state index is -0.721. The molecule has 2 aromatic carbocycles. The molecule has 0 bridgehead atoms. The van der Waals surface area contributed by atoms with Gasteiger partial charge in [0.05, 0.1) is 5.02 Å². The van der Waals surface area contributed by atoms with E-state index >= 15 is 0 Å². The first kappa shape index (κ1) is 16.0. The van der Waals surface area contributed by atoms with E-state index in [0.717, 1.165) is 0 Å². The van der Waals surface area contributed by atoms with Gasteiger partial charge in [0, 0.05) is 11.3 Å². The summed E-state index contributed by atoms with van der Waals surface area (Å²) in [5.41, 5.74) is 1.09. The predicted molar refractivity (Wildman–Crippen MR) is 86.6 cm³/mol. The van der Waals surface area contributed by atoms with Gasteiger partial charge < -0.3 is 10.1 Å². The molecule has 5 heteroatoms. The molecule has 0 aliphatic carbocycles. The van der Waals surface area contributed by atoms with Gasteiger partial charge in [0.25, 0.3) is 5.91 Å². The van der Waals surface area contributed by atoms with Crippen LogP contribution in [0.5, 0.6) is 5.75 Å². The summed E-state index contributed by atoms with van der Waals surface area (Å²) < 4.78 is 5.55. The van der Waals surface area contributed by atoms with E-state index in [2.05, 4.69) is 5.32 Å². The fourth-order valence-electron chi connectivity index (χ4n) is 1.84. The third kappa shape index (κ3) is 4.09. The fourth-order valence-corrected chi connectivity index (χ4v) is 2.02. The molecule has 0 heterocycles. The monoisotopic (exact) mass is 317 g/mol. The highest BCUT2D eigenvalue weighted by Crippen LogP contribution is 2.24. The van der Waals surface area contributed by atoms with Gasteiger partial charge in [-0.15, -0.1) is 0 Å². The summed E-state index contributed by atoms with van der Waals surface area (Å²) in [6, 6.07) is 13.7. The topological polar surface area (TPSA) is 55.4 Å². The molecular formula is C17H16ClNO3. The van der Waals surface area contributed by atoms with Crippen molar-refractivity contribution in [3.8, 4) is 5.75 Å². The van der Waals surface area contributed by atoms with Crippen LogP contribution in [0.3, 0.4) is 0 Å². The number of amides is 1. The molecule has 0 aliphatic rings. The zero-order valence-electron chi connectivity index (χ0n) is 12.3. The highest BCUT2D eigenvalue weighted by Gasteiger charge is 2.16. The highest BCUT2D eigenvalue weighted by molar-refractivity contribution is 6.32. The van der Waals surface area contributed by atoms with Crippen LogP contribution in [0.1, 0.15) is 24.2 Å². The van der Waals surface area contributed by atoms with Crippen LogP contribution in [-0.2, 0) is 4.79 Å². The SMILES string of the molecule is CC(=O)c1cccc(NC(=O)[C@H](C)Oc2ccccc2Cl)c1. The summed E-state index contributed by atoms with van der Waals surface area (Å²) in [4.78, 5) is 23.5. The number of hydrogen-bond donors (Lipinski definition) is 1. The number of ketones is 1. The second kappa shape index (κ2) is 7.09. The van der Waals surface area contributed by atoms with Crippen LogP contribution in [0.2, 0.25) is 5.02 Å². The molecule has 0 unspecified atom stereocenters. The zero-order valence-corrected chi connectivity index (χ0v) is 13.1. The van der Waals surface area contributed by atoms with Gasteiger partial charge in [0.2, 0.25) is 0 Å². The molecule has 0 aliphatic heterocycles. The molecule has 0 saturated heterocycles. The van der Waals surface area contributed by atoms with Gasteiger partial charge in [-0.3, -0.25) is 9.59 Å². The Morgan fingerprint density at radius 3 is 2.55 bits per heavy atom. The van der Waals surface area contributed by atoms with Crippen molar-refractivity contribution in [1.29, 1.82) is 0 Å². The Hall–Kier alpha value is -2.33. The number of para-hydroxylation sites is 1. The lowest BCUT2D eigenvalue weighted by Crippen LogP contribution is -2.30. The van der Waals surface area contributed by atoms with Crippen molar-refractivity contribution in [2.75, 3.05) is 5.32 Å². The molecule has 1 amide bonds. The minimum absolute atomic E-state index is 0.0588. The molecule has 1 N–H and O–H groups in total. The third-order valence-electron chi connectivity index (χ3n) is 3.05. The largest absolute Gasteiger partial charge is 0.479 e. The normalized spacial score (nSPS) is 11.6. The smallest absolute Gasteiger partial charge is 0.265 e. The van der Waals surface area contributed by atoms with E-state index in [0.29, 0.717) is 22.0 Å². The van der Waals surface area contributed by atoms with E-state index in [1.807, 2.05) is 0 Å². The van der Waals surface area contributed by atoms with E-state index in [9.17, 15) is 9.59 Å². The number of carbonyl (C=O) groups excluding carboxylic acids is 2. The van der Waals surface area contributed by atoms with Gasteiger partial charge in [-0.25, -0.2) is 0 Å². The highest BCUT2D eigenvalue weighted by atomic mass is 35.5. The Balaban J connectivity index is 2.04. The van der Waals surface area contributed by atoms with Crippen molar-refractivity contribution in [1.82, 2.24) is 0 Å². The summed E-state index contributed by atoms with van der Waals surface area (Å²) >= 11 is 5.99. The molecule has 2 aromatic rings. The summed E-state index contributed by atoms with van der Waals surface area (Å²) in [6.07, 6.45) is -0.721. The molecule has 0 spiro atoms. The van der Waals surface area contributed by atoms with Gasteiger partial charge >= 0.3 is 0 Å². The maximum absolute atomic E-state index is 12.1. The van der Waals surface area contributed by atoms with Crippen LogP contribution in [0.15, 0.2) is 48.5 Å². The number of Topliss-reactive ketones (excluding diaryl/α,β-unsaturated/α-hetero) is 1. The summed E-state index contributed by atoms with van der Waals surface area (Å²) in [7, 11) is 0. The molecule has 2 rings (SSSR count). The molecule has 0 fully saturated rings. The van der Waals surface area contributed by atoms with Gasteiger partial charge in [-0.2, -0.15) is 0 Å². The minimum Gasteiger partial charge on any atom is -0.479 e. The van der Waals surface area contributed by atoms with Gasteiger partial charge in [0.15, 0.2) is 11.9 Å². The quantitative estimate of drug-likeness (QED) is 0.850. The second-order valence-corrected chi connectivity index (χ2v) is 5.22. The molecule has 4 nitrogen and oxygen atoms in total. The number of halogens is 1. The van der Waals surface area contributed by atoms with Crippen LogP contribution in [0.4, 0.5) is 5.69 Å². The lowest BCUT2D eigenvalue weighted by Gasteiger charge is -2.15. The summed E-state index contributed by atoms with van der Waals surface area (Å²) in [5, 5.41) is 3.16. The molecule has 22 heavy (non-hydrogen) atoms. The summed E-state index contributed by atoms with van der Waals surface area (Å²) in [6.45, 7) is 3.11. The van der Waals surface area contributed by atoms with Crippen molar-refractivity contribution < 1.29 is 14.3 Å². The van der Waals surface area contributed by atoms with Crippen molar-refractivity contribution in [2.24, 2.45) is 0 Å². The Morgan fingerprint density at radius 1 is 1.14 bits per heavy atom. The van der Waals surface area contributed by atoms with Gasteiger partial charge in [-0.05, 0) is 38.1 Å². The molecule has 114 valence electrons. The lowest BCUT2D eigenvalue weighted by atomic mass is 10.1. The predicted octanol–water partition coefficient (Wildman–Crippen LogP) is 3.95. The molecular weight excluding hydrogens is 302 g/mol. The first-order chi connectivity index (χ1) is 10.5. The maximum Gasteiger partial charge on any atom is 0.265 e. The molecule has 0 radical (unpaired) electrons. The lowest BCUT2D eigenvalue weighted by molar-refractivity contribution is -0.122. The molecule has 1 atom stereocenters. The number of nitrogens with one attached hydrogen (secondary N) is 1. The van der Waals surface area contributed by atoms with Crippen LogP contribution < -0.4 is 10.1 Å². The Kier molecular flexibility index (Phi) is 5.17. The van der Waals surface area contributed by atoms with Crippen molar-refractivity contribution in [3.63, 3.8) is 0 Å². The van der Waals surface area contributed by atoms with Gasteiger partial charge in [-0.1, -0.05) is 35.9 Å². The number of benzene rings is 2. The average Bonchev–Trinajstić information content (AvgIpc) is 2.49. The van der Waals surface area contributed by atoms with Crippen LogP contribution >= 0.6 is 11.6 Å². The van der Waals surface area contributed by atoms with Crippen molar-refractivity contribution in [3.05, 3.63) is 59.1 Å². The molecule has 0 saturated carbocycles. The second-order valence-electron chi connectivity index (χ2n) is 4.82. The zero-order chi connectivity index (χ0) is 16.1. The first-order valence-corrected chi connectivity index (χ1v) is 7.18. The number of anilines is 1.